The second-order valence-electron chi connectivity index (χ2n) is 5.30. The molecule has 0 bridgehead atoms. The number of anilines is 1. The molecule has 5 heteroatoms. The molecule has 0 spiro atoms. The molecule has 0 saturated heterocycles. The number of nitrogens with two attached hydrogens (primary N) is 1. The molecule has 1 heterocycles. The summed E-state index contributed by atoms with van der Waals surface area (Å²) in [4.78, 5) is 1.73. The van der Waals surface area contributed by atoms with Crippen molar-refractivity contribution in [2.45, 2.75) is 19.9 Å². The van der Waals surface area contributed by atoms with Crippen molar-refractivity contribution in [1.82, 2.24) is 0 Å². The smallest absolute Gasteiger partial charge is 0.202 e. The van der Waals surface area contributed by atoms with Gasteiger partial charge in [0.2, 0.25) is 5.41 Å². The summed E-state index contributed by atoms with van der Waals surface area (Å²) in [6, 6.07) is 14.8. The summed E-state index contributed by atoms with van der Waals surface area (Å²) < 4.78 is 0. The zero-order valence-electron chi connectivity index (χ0n) is 11.9. The average molecular weight is 277 g/mol. The second-order valence-corrected chi connectivity index (χ2v) is 5.30. The van der Waals surface area contributed by atoms with Crippen LogP contribution in [0.25, 0.3) is 0 Å². The van der Waals surface area contributed by atoms with Gasteiger partial charge in [0.25, 0.3) is 0 Å². The maximum atomic E-state index is 9.58. The summed E-state index contributed by atoms with van der Waals surface area (Å²) in [5.74, 6) is 0.152. The Labute approximate surface area is 124 Å². The van der Waals surface area contributed by atoms with E-state index in [4.69, 9.17) is 5.73 Å². The summed E-state index contributed by atoms with van der Waals surface area (Å²) in [6.07, 6.45) is 0. The van der Waals surface area contributed by atoms with Crippen molar-refractivity contribution < 1.29 is 0 Å². The van der Waals surface area contributed by atoms with Crippen LogP contribution in [0.5, 0.6) is 0 Å². The average Bonchev–Trinajstić information content (AvgIpc) is 2.76. The van der Waals surface area contributed by atoms with Crippen LogP contribution in [-0.2, 0) is 0 Å². The van der Waals surface area contributed by atoms with Crippen molar-refractivity contribution in [2.24, 2.45) is 17.1 Å². The van der Waals surface area contributed by atoms with Gasteiger partial charge < -0.3 is 10.6 Å². The van der Waals surface area contributed by atoms with Crippen molar-refractivity contribution in [3.63, 3.8) is 0 Å². The summed E-state index contributed by atoms with van der Waals surface area (Å²) >= 11 is 0. The molecule has 0 amide bonds. The van der Waals surface area contributed by atoms with Crippen molar-refractivity contribution in [3.05, 3.63) is 41.7 Å². The predicted molar refractivity (Wildman–Crippen MR) is 78.0 cm³/mol. The minimum absolute atomic E-state index is 0.0334. The lowest BCUT2D eigenvalue weighted by Gasteiger charge is -2.34. The molecule has 2 rings (SSSR count). The zero-order valence-corrected chi connectivity index (χ0v) is 11.9. The van der Waals surface area contributed by atoms with Crippen LogP contribution in [0.4, 0.5) is 5.69 Å². The third-order valence-corrected chi connectivity index (χ3v) is 3.76. The number of nitrogens with zero attached hydrogens (tertiary/aromatic N) is 4. The van der Waals surface area contributed by atoms with Gasteiger partial charge in [-0.15, -0.1) is 0 Å². The van der Waals surface area contributed by atoms with Gasteiger partial charge in [0.05, 0.1) is 18.2 Å². The van der Waals surface area contributed by atoms with Gasteiger partial charge in [0.15, 0.2) is 0 Å². The normalized spacial score (nSPS) is 20.0. The summed E-state index contributed by atoms with van der Waals surface area (Å²) in [5, 5.41) is 28.5. The number of hydrogen-bond acceptors (Lipinski definition) is 5. The van der Waals surface area contributed by atoms with Crippen LogP contribution in [0.3, 0.4) is 0 Å². The molecule has 0 fully saturated rings. The van der Waals surface area contributed by atoms with Gasteiger partial charge in [-0.25, -0.2) is 0 Å². The van der Waals surface area contributed by atoms with Crippen molar-refractivity contribution in [1.29, 1.82) is 15.8 Å². The van der Waals surface area contributed by atoms with Gasteiger partial charge in [-0.2, -0.15) is 15.8 Å². The van der Waals surface area contributed by atoms with Gasteiger partial charge in [-0.1, -0.05) is 32.0 Å². The number of benzene rings is 1. The fraction of sp³-hybridized carbons (Fsp3) is 0.312. The summed E-state index contributed by atoms with van der Waals surface area (Å²) in [6.45, 7) is 3.83. The molecule has 1 aliphatic rings. The molecule has 1 atom stereocenters. The maximum Gasteiger partial charge on any atom is 0.202 e. The minimum Gasteiger partial charge on any atom is -0.384 e. The fourth-order valence-corrected chi connectivity index (χ4v) is 2.91. The third-order valence-electron chi connectivity index (χ3n) is 3.76. The molecule has 5 nitrogen and oxygen atoms in total. The lowest BCUT2D eigenvalue weighted by Crippen LogP contribution is -2.45. The van der Waals surface area contributed by atoms with Crippen LogP contribution >= 0.6 is 0 Å². The molecule has 0 unspecified atom stereocenters. The van der Waals surface area contributed by atoms with E-state index in [0.717, 1.165) is 5.69 Å². The monoisotopic (exact) mass is 277 g/mol. The van der Waals surface area contributed by atoms with E-state index in [-0.39, 0.29) is 17.3 Å². The van der Waals surface area contributed by atoms with Crippen LogP contribution < -0.4 is 10.6 Å². The van der Waals surface area contributed by atoms with Crippen LogP contribution in [0.15, 0.2) is 41.7 Å². The Kier molecular flexibility index (Phi) is 3.57. The van der Waals surface area contributed by atoms with E-state index in [1.165, 1.54) is 0 Å². The second kappa shape index (κ2) is 5.19. The fourth-order valence-electron chi connectivity index (χ4n) is 2.91. The largest absolute Gasteiger partial charge is 0.384 e. The number of nitriles is 3. The predicted octanol–water partition coefficient (Wildman–Crippen LogP) is 2.26. The Bertz CT molecular complexity index is 683. The van der Waals surface area contributed by atoms with E-state index in [9.17, 15) is 15.8 Å². The van der Waals surface area contributed by atoms with Gasteiger partial charge in [-0.05, 0) is 18.1 Å². The Morgan fingerprint density at radius 1 is 1.14 bits per heavy atom. The van der Waals surface area contributed by atoms with Crippen molar-refractivity contribution >= 4 is 5.69 Å². The topological polar surface area (TPSA) is 101 Å². The molecule has 0 aliphatic carbocycles. The third kappa shape index (κ3) is 1.90. The first-order valence-corrected chi connectivity index (χ1v) is 6.60. The van der Waals surface area contributed by atoms with Gasteiger partial charge >= 0.3 is 0 Å². The lowest BCUT2D eigenvalue weighted by molar-refractivity contribution is 0.389. The molecule has 1 aromatic carbocycles. The molecular weight excluding hydrogens is 262 g/mol. The standard InChI is InChI=1S/C16H15N5/c1-11(2)14-16(9-18,10-19)13(8-17)15(20)21(14)12-6-4-3-5-7-12/h3-7,11,14H,20H2,1-2H3/t14-/m0/s1. The molecule has 1 aromatic rings. The number of para-hydroxylation sites is 1. The van der Waals surface area contributed by atoms with Crippen molar-refractivity contribution in [3.8, 4) is 18.2 Å². The van der Waals surface area contributed by atoms with E-state index in [1.54, 1.807) is 4.90 Å². The Morgan fingerprint density at radius 3 is 2.14 bits per heavy atom. The molecule has 2 N–H and O–H groups in total. The molecule has 0 aromatic heterocycles. The van der Waals surface area contributed by atoms with E-state index in [1.807, 2.05) is 62.4 Å². The number of hydrogen-bond donors (Lipinski definition) is 1. The van der Waals surface area contributed by atoms with E-state index < -0.39 is 11.5 Å². The molecule has 1 aliphatic heterocycles. The van der Waals surface area contributed by atoms with Gasteiger partial charge in [0, 0.05) is 5.69 Å². The first kappa shape index (κ1) is 14.4. The highest BCUT2D eigenvalue weighted by Gasteiger charge is 2.55. The highest BCUT2D eigenvalue weighted by atomic mass is 15.3. The highest BCUT2D eigenvalue weighted by molar-refractivity contribution is 5.65. The number of rotatable bonds is 2. The highest BCUT2D eigenvalue weighted by Crippen LogP contribution is 2.46. The van der Waals surface area contributed by atoms with E-state index in [0.29, 0.717) is 0 Å². The molecule has 0 radical (unpaired) electrons. The first-order chi connectivity index (χ1) is 10.0. The Morgan fingerprint density at radius 2 is 1.71 bits per heavy atom. The van der Waals surface area contributed by atoms with E-state index in [2.05, 4.69) is 0 Å². The van der Waals surface area contributed by atoms with Gasteiger partial charge in [-0.3, -0.25) is 0 Å². The van der Waals surface area contributed by atoms with Crippen LogP contribution in [0.2, 0.25) is 0 Å². The van der Waals surface area contributed by atoms with Crippen LogP contribution in [0.1, 0.15) is 13.8 Å². The molecule has 104 valence electrons. The molecule has 0 saturated carbocycles. The lowest BCUT2D eigenvalue weighted by atomic mass is 9.74. The maximum absolute atomic E-state index is 9.58. The minimum atomic E-state index is -1.54. The van der Waals surface area contributed by atoms with E-state index >= 15 is 0 Å². The van der Waals surface area contributed by atoms with Crippen LogP contribution in [-0.4, -0.2) is 6.04 Å². The Balaban J connectivity index is 2.73. The SMILES string of the molecule is CC(C)[C@@H]1N(c2ccccc2)C(N)=C(C#N)C1(C#N)C#N. The van der Waals surface area contributed by atoms with Gasteiger partial charge in [0.1, 0.15) is 17.5 Å². The molecule has 21 heavy (non-hydrogen) atoms. The Hall–Kier alpha value is -2.97. The first-order valence-electron chi connectivity index (χ1n) is 6.60. The van der Waals surface area contributed by atoms with Crippen molar-refractivity contribution in [2.75, 3.05) is 4.90 Å². The van der Waals surface area contributed by atoms with Crippen LogP contribution in [0, 0.1) is 45.3 Å². The quantitative estimate of drug-likeness (QED) is 0.893. The summed E-state index contributed by atoms with van der Waals surface area (Å²) in [5.41, 5.74) is 5.37. The molecular formula is C16H15N5. The zero-order chi connectivity index (χ0) is 15.6. The summed E-state index contributed by atoms with van der Waals surface area (Å²) in [7, 11) is 0.